The van der Waals surface area contributed by atoms with E-state index in [1.807, 2.05) is 12.1 Å². The fourth-order valence-electron chi connectivity index (χ4n) is 3.51. The number of nitrogens with zero attached hydrogens (tertiary/aromatic N) is 2. The lowest BCUT2D eigenvalue weighted by Crippen LogP contribution is -2.29. The molecule has 0 N–H and O–H groups in total. The zero-order valence-electron chi connectivity index (χ0n) is 13.3. The summed E-state index contributed by atoms with van der Waals surface area (Å²) < 4.78 is 27.4. The Morgan fingerprint density at radius 3 is 2.33 bits per heavy atom. The molecule has 0 radical (unpaired) electrons. The van der Waals surface area contributed by atoms with Crippen molar-refractivity contribution in [2.24, 2.45) is 0 Å². The van der Waals surface area contributed by atoms with Gasteiger partial charge in [0.25, 0.3) is 10.0 Å². The molecule has 2 aliphatic rings. The summed E-state index contributed by atoms with van der Waals surface area (Å²) in [5, 5.41) is 0.533. The third-order valence-electron chi connectivity index (χ3n) is 4.79. The van der Waals surface area contributed by atoms with Gasteiger partial charge in [0.1, 0.15) is 0 Å². The lowest BCUT2D eigenvalue weighted by atomic mass is 10.1. The number of rotatable bonds is 3. The second-order valence-electron chi connectivity index (χ2n) is 6.29. The number of fused-ring (bicyclic) bond motifs is 1. The predicted molar refractivity (Wildman–Crippen MR) is 97.6 cm³/mol. The number of benzene rings is 2. The van der Waals surface area contributed by atoms with Crippen molar-refractivity contribution < 1.29 is 8.42 Å². The van der Waals surface area contributed by atoms with Crippen LogP contribution in [0.4, 0.5) is 11.4 Å². The Morgan fingerprint density at radius 1 is 0.917 bits per heavy atom. The van der Waals surface area contributed by atoms with E-state index in [1.165, 1.54) is 22.8 Å². The summed E-state index contributed by atoms with van der Waals surface area (Å²) in [6, 6.07) is 12.5. The van der Waals surface area contributed by atoms with Crippen LogP contribution in [0.2, 0.25) is 5.02 Å². The summed E-state index contributed by atoms with van der Waals surface area (Å²) in [5.41, 5.74) is 3.11. The number of halogens is 1. The summed E-state index contributed by atoms with van der Waals surface area (Å²) in [7, 11) is -3.54. The molecular formula is C18H19ClN2O2S. The quantitative estimate of drug-likeness (QED) is 0.836. The molecule has 2 aromatic rings. The molecule has 24 heavy (non-hydrogen) atoms. The van der Waals surface area contributed by atoms with Crippen LogP contribution < -0.4 is 9.21 Å². The Hall–Kier alpha value is -1.72. The van der Waals surface area contributed by atoms with Crippen LogP contribution in [0.5, 0.6) is 0 Å². The van der Waals surface area contributed by atoms with Crippen LogP contribution in [0, 0.1) is 0 Å². The van der Waals surface area contributed by atoms with Gasteiger partial charge in [0.05, 0.1) is 10.6 Å². The van der Waals surface area contributed by atoms with Gasteiger partial charge in [-0.25, -0.2) is 8.42 Å². The van der Waals surface area contributed by atoms with Gasteiger partial charge in [-0.1, -0.05) is 11.6 Å². The Bertz CT molecular complexity index is 859. The van der Waals surface area contributed by atoms with Gasteiger partial charge in [0, 0.05) is 30.3 Å². The van der Waals surface area contributed by atoms with E-state index in [9.17, 15) is 8.42 Å². The summed E-state index contributed by atoms with van der Waals surface area (Å²) in [4.78, 5) is 2.65. The van der Waals surface area contributed by atoms with Gasteiger partial charge in [-0.2, -0.15) is 0 Å². The lowest BCUT2D eigenvalue weighted by Gasteiger charge is -2.21. The molecule has 1 fully saturated rings. The van der Waals surface area contributed by atoms with Crippen molar-refractivity contribution in [3.05, 3.63) is 53.1 Å². The van der Waals surface area contributed by atoms with E-state index >= 15 is 0 Å². The first kappa shape index (κ1) is 15.8. The van der Waals surface area contributed by atoms with Crippen molar-refractivity contribution >= 4 is 33.0 Å². The SMILES string of the molecule is O=S(=O)(c1ccc(Cl)cc1)N1CCc2cc(N3CCCC3)ccc21. The van der Waals surface area contributed by atoms with Crippen molar-refractivity contribution in [1.29, 1.82) is 0 Å². The molecule has 2 aliphatic heterocycles. The minimum atomic E-state index is -3.54. The highest BCUT2D eigenvalue weighted by Crippen LogP contribution is 2.36. The van der Waals surface area contributed by atoms with Crippen molar-refractivity contribution in [1.82, 2.24) is 0 Å². The fourth-order valence-corrected chi connectivity index (χ4v) is 5.14. The molecule has 4 rings (SSSR count). The Labute approximate surface area is 147 Å². The van der Waals surface area contributed by atoms with Gasteiger partial charge in [0.2, 0.25) is 0 Å². The molecule has 0 aromatic heterocycles. The number of anilines is 2. The summed E-state index contributed by atoms with van der Waals surface area (Å²) in [5.74, 6) is 0. The molecule has 2 heterocycles. The molecule has 0 unspecified atom stereocenters. The van der Waals surface area contributed by atoms with E-state index in [2.05, 4.69) is 11.0 Å². The molecule has 126 valence electrons. The van der Waals surface area contributed by atoms with Crippen LogP contribution in [0.25, 0.3) is 0 Å². The fraction of sp³-hybridized carbons (Fsp3) is 0.333. The van der Waals surface area contributed by atoms with Crippen molar-refractivity contribution in [3.8, 4) is 0 Å². The Balaban J connectivity index is 1.67. The molecule has 0 bridgehead atoms. The van der Waals surface area contributed by atoms with E-state index in [1.54, 1.807) is 24.3 Å². The second-order valence-corrected chi connectivity index (χ2v) is 8.59. The van der Waals surface area contributed by atoms with E-state index < -0.39 is 10.0 Å². The molecule has 1 saturated heterocycles. The average Bonchev–Trinajstić information content (AvgIpc) is 3.24. The first-order valence-electron chi connectivity index (χ1n) is 8.22. The standard InChI is InChI=1S/C18H19ClN2O2S/c19-15-3-6-17(7-4-15)24(22,23)21-12-9-14-13-16(5-8-18(14)21)20-10-1-2-11-20/h3-8,13H,1-2,9-12H2. The van der Waals surface area contributed by atoms with E-state index in [4.69, 9.17) is 11.6 Å². The highest BCUT2D eigenvalue weighted by molar-refractivity contribution is 7.92. The van der Waals surface area contributed by atoms with Crippen molar-refractivity contribution in [2.45, 2.75) is 24.2 Å². The number of hydrogen-bond donors (Lipinski definition) is 0. The maximum absolute atomic E-state index is 12.9. The molecule has 0 aliphatic carbocycles. The third-order valence-corrected chi connectivity index (χ3v) is 6.87. The van der Waals surface area contributed by atoms with Gasteiger partial charge in [-0.05, 0) is 67.3 Å². The topological polar surface area (TPSA) is 40.6 Å². The van der Waals surface area contributed by atoms with Gasteiger partial charge in [0.15, 0.2) is 0 Å². The van der Waals surface area contributed by atoms with Gasteiger partial charge < -0.3 is 4.90 Å². The van der Waals surface area contributed by atoms with Crippen LogP contribution in [-0.4, -0.2) is 28.1 Å². The van der Waals surface area contributed by atoms with E-state index in [0.717, 1.165) is 30.8 Å². The first-order valence-corrected chi connectivity index (χ1v) is 10.0. The average molecular weight is 363 g/mol. The number of hydrogen-bond acceptors (Lipinski definition) is 3. The highest BCUT2D eigenvalue weighted by atomic mass is 35.5. The molecule has 4 nitrogen and oxygen atoms in total. The highest BCUT2D eigenvalue weighted by Gasteiger charge is 2.31. The normalized spacial score (nSPS) is 17.4. The van der Waals surface area contributed by atoms with Crippen LogP contribution in [0.1, 0.15) is 18.4 Å². The molecule has 0 spiro atoms. The van der Waals surface area contributed by atoms with Crippen LogP contribution in [0.15, 0.2) is 47.4 Å². The van der Waals surface area contributed by atoms with Gasteiger partial charge in [-0.15, -0.1) is 0 Å². The molecule has 2 aromatic carbocycles. The molecular weight excluding hydrogens is 344 g/mol. The first-order chi connectivity index (χ1) is 11.6. The molecule has 0 atom stereocenters. The zero-order chi connectivity index (χ0) is 16.7. The van der Waals surface area contributed by atoms with Crippen LogP contribution in [-0.2, 0) is 16.4 Å². The van der Waals surface area contributed by atoms with E-state index in [-0.39, 0.29) is 4.90 Å². The van der Waals surface area contributed by atoms with Crippen LogP contribution >= 0.6 is 11.6 Å². The Kier molecular flexibility index (Phi) is 3.93. The monoisotopic (exact) mass is 362 g/mol. The zero-order valence-corrected chi connectivity index (χ0v) is 14.9. The largest absolute Gasteiger partial charge is 0.372 e. The van der Waals surface area contributed by atoms with Crippen LogP contribution in [0.3, 0.4) is 0 Å². The summed E-state index contributed by atoms with van der Waals surface area (Å²) in [6.45, 7) is 2.67. The summed E-state index contributed by atoms with van der Waals surface area (Å²) in [6.07, 6.45) is 3.21. The maximum Gasteiger partial charge on any atom is 0.264 e. The maximum atomic E-state index is 12.9. The lowest BCUT2D eigenvalue weighted by molar-refractivity contribution is 0.592. The molecule has 6 heteroatoms. The Morgan fingerprint density at radius 2 is 1.62 bits per heavy atom. The summed E-state index contributed by atoms with van der Waals surface area (Å²) >= 11 is 5.87. The predicted octanol–water partition coefficient (Wildman–Crippen LogP) is 3.69. The minimum Gasteiger partial charge on any atom is -0.372 e. The third kappa shape index (κ3) is 2.66. The second kappa shape index (κ2) is 5.97. The van der Waals surface area contributed by atoms with Crippen molar-refractivity contribution in [2.75, 3.05) is 28.8 Å². The van der Waals surface area contributed by atoms with Gasteiger partial charge in [-0.3, -0.25) is 4.31 Å². The van der Waals surface area contributed by atoms with Crippen molar-refractivity contribution in [3.63, 3.8) is 0 Å². The molecule has 0 amide bonds. The molecule has 0 saturated carbocycles. The van der Waals surface area contributed by atoms with E-state index in [0.29, 0.717) is 11.6 Å². The number of sulfonamides is 1. The van der Waals surface area contributed by atoms with Gasteiger partial charge >= 0.3 is 0 Å². The smallest absolute Gasteiger partial charge is 0.264 e. The minimum absolute atomic E-state index is 0.281.